The Bertz CT molecular complexity index is 536. The van der Waals surface area contributed by atoms with Crippen LogP contribution >= 0.6 is 0 Å². The van der Waals surface area contributed by atoms with Crippen molar-refractivity contribution in [2.24, 2.45) is 11.7 Å². The zero-order chi connectivity index (χ0) is 13.7. The summed E-state index contributed by atoms with van der Waals surface area (Å²) in [5.41, 5.74) is 7.46. The van der Waals surface area contributed by atoms with Gasteiger partial charge in [0, 0.05) is 31.4 Å². The highest BCUT2D eigenvalue weighted by molar-refractivity contribution is 5.78. The van der Waals surface area contributed by atoms with Crippen LogP contribution < -0.4 is 11.1 Å². The van der Waals surface area contributed by atoms with Crippen molar-refractivity contribution in [3.63, 3.8) is 0 Å². The van der Waals surface area contributed by atoms with Crippen LogP contribution in [0.3, 0.4) is 0 Å². The lowest BCUT2D eigenvalue weighted by Crippen LogP contribution is -2.33. The summed E-state index contributed by atoms with van der Waals surface area (Å²) < 4.78 is 1.79. The quantitative estimate of drug-likeness (QED) is 0.843. The first-order valence-electron chi connectivity index (χ1n) is 6.28. The van der Waals surface area contributed by atoms with Gasteiger partial charge >= 0.3 is 0 Å². The summed E-state index contributed by atoms with van der Waals surface area (Å²) >= 11 is 0. The van der Waals surface area contributed by atoms with Gasteiger partial charge in [-0.3, -0.25) is 4.79 Å². The first-order chi connectivity index (χ1) is 9.22. The van der Waals surface area contributed by atoms with Crippen molar-refractivity contribution < 1.29 is 4.79 Å². The Hall–Kier alpha value is -2.14. The summed E-state index contributed by atoms with van der Waals surface area (Å²) in [7, 11) is 0. The molecule has 5 nitrogen and oxygen atoms in total. The highest BCUT2D eigenvalue weighted by atomic mass is 16.1. The van der Waals surface area contributed by atoms with E-state index in [1.807, 2.05) is 43.5 Å². The van der Waals surface area contributed by atoms with E-state index in [0.717, 1.165) is 11.3 Å². The van der Waals surface area contributed by atoms with Gasteiger partial charge in [0.25, 0.3) is 0 Å². The SMILES string of the molecule is CC(CN)C(=O)NCc1ccccc1-n1cccn1. The van der Waals surface area contributed by atoms with Gasteiger partial charge in [0.15, 0.2) is 0 Å². The van der Waals surface area contributed by atoms with E-state index in [1.165, 1.54) is 0 Å². The van der Waals surface area contributed by atoms with Crippen LogP contribution in [0.5, 0.6) is 0 Å². The van der Waals surface area contributed by atoms with Gasteiger partial charge < -0.3 is 11.1 Å². The van der Waals surface area contributed by atoms with Crippen LogP contribution in [-0.4, -0.2) is 22.2 Å². The molecule has 3 N–H and O–H groups in total. The van der Waals surface area contributed by atoms with Gasteiger partial charge in [-0.05, 0) is 17.7 Å². The van der Waals surface area contributed by atoms with Crippen molar-refractivity contribution in [2.75, 3.05) is 6.54 Å². The number of para-hydroxylation sites is 1. The molecule has 0 fully saturated rings. The van der Waals surface area contributed by atoms with Gasteiger partial charge in [0.2, 0.25) is 5.91 Å². The molecule has 1 atom stereocenters. The second-order valence-electron chi connectivity index (χ2n) is 4.43. The molecule has 0 aliphatic heterocycles. The van der Waals surface area contributed by atoms with E-state index >= 15 is 0 Å². The number of aromatic nitrogens is 2. The predicted octanol–water partition coefficient (Wildman–Crippen LogP) is 1.08. The second kappa shape index (κ2) is 6.15. The molecular formula is C14H18N4O. The number of carbonyl (C=O) groups excluding carboxylic acids is 1. The monoisotopic (exact) mass is 258 g/mol. The average Bonchev–Trinajstić information content (AvgIpc) is 2.98. The number of amides is 1. The van der Waals surface area contributed by atoms with Crippen LogP contribution in [0.1, 0.15) is 12.5 Å². The average molecular weight is 258 g/mol. The van der Waals surface area contributed by atoms with Crippen LogP contribution in [0.25, 0.3) is 5.69 Å². The lowest BCUT2D eigenvalue weighted by Gasteiger charge is -2.13. The Morgan fingerprint density at radius 1 is 1.42 bits per heavy atom. The van der Waals surface area contributed by atoms with Crippen LogP contribution in [0.15, 0.2) is 42.7 Å². The molecule has 1 unspecified atom stereocenters. The molecule has 19 heavy (non-hydrogen) atoms. The summed E-state index contributed by atoms with van der Waals surface area (Å²) in [4.78, 5) is 11.7. The van der Waals surface area contributed by atoms with Crippen molar-refractivity contribution in [2.45, 2.75) is 13.5 Å². The van der Waals surface area contributed by atoms with E-state index in [9.17, 15) is 4.79 Å². The Morgan fingerprint density at radius 3 is 2.89 bits per heavy atom. The molecule has 0 saturated heterocycles. The molecule has 5 heteroatoms. The normalized spacial score (nSPS) is 12.1. The molecule has 0 bridgehead atoms. The van der Waals surface area contributed by atoms with Crippen molar-refractivity contribution in [3.8, 4) is 5.69 Å². The van der Waals surface area contributed by atoms with Gasteiger partial charge in [-0.1, -0.05) is 25.1 Å². The van der Waals surface area contributed by atoms with Crippen LogP contribution in [0.2, 0.25) is 0 Å². The zero-order valence-electron chi connectivity index (χ0n) is 10.9. The molecule has 0 aliphatic rings. The van der Waals surface area contributed by atoms with Crippen LogP contribution in [-0.2, 0) is 11.3 Å². The standard InChI is InChI=1S/C14H18N4O/c1-11(9-15)14(19)16-10-12-5-2-3-6-13(12)18-8-4-7-17-18/h2-8,11H,9-10,15H2,1H3,(H,16,19). The summed E-state index contributed by atoms with van der Waals surface area (Å²) in [5.74, 6) is -0.199. The second-order valence-corrected chi connectivity index (χ2v) is 4.43. The maximum Gasteiger partial charge on any atom is 0.224 e. The Kier molecular flexibility index (Phi) is 4.30. The van der Waals surface area contributed by atoms with Gasteiger partial charge in [-0.25, -0.2) is 4.68 Å². The van der Waals surface area contributed by atoms with Crippen molar-refractivity contribution >= 4 is 5.91 Å². The number of hydrogen-bond donors (Lipinski definition) is 2. The van der Waals surface area contributed by atoms with Crippen molar-refractivity contribution in [3.05, 3.63) is 48.3 Å². The lowest BCUT2D eigenvalue weighted by molar-refractivity contribution is -0.124. The number of hydrogen-bond acceptors (Lipinski definition) is 3. The van der Waals surface area contributed by atoms with E-state index < -0.39 is 0 Å². The minimum Gasteiger partial charge on any atom is -0.352 e. The summed E-state index contributed by atoms with van der Waals surface area (Å²) in [6, 6.07) is 9.71. The van der Waals surface area contributed by atoms with Crippen LogP contribution in [0, 0.1) is 5.92 Å². The van der Waals surface area contributed by atoms with E-state index in [0.29, 0.717) is 13.1 Å². The highest BCUT2D eigenvalue weighted by Crippen LogP contribution is 2.13. The molecule has 0 radical (unpaired) electrons. The first kappa shape index (κ1) is 13.3. The molecule has 1 amide bonds. The molecule has 0 spiro atoms. The fourth-order valence-electron chi connectivity index (χ4n) is 1.76. The summed E-state index contributed by atoms with van der Waals surface area (Å²) in [6.07, 6.45) is 3.61. The third-order valence-corrected chi connectivity index (χ3v) is 3.00. The highest BCUT2D eigenvalue weighted by Gasteiger charge is 2.11. The number of carbonyl (C=O) groups is 1. The minimum atomic E-state index is -0.170. The lowest BCUT2D eigenvalue weighted by atomic mass is 10.1. The van der Waals surface area contributed by atoms with Crippen molar-refractivity contribution in [1.82, 2.24) is 15.1 Å². The predicted molar refractivity (Wildman–Crippen MR) is 73.6 cm³/mol. The van der Waals surface area contributed by atoms with Crippen molar-refractivity contribution in [1.29, 1.82) is 0 Å². The molecule has 0 saturated carbocycles. The zero-order valence-corrected chi connectivity index (χ0v) is 10.9. The Labute approximate surface area is 112 Å². The molecule has 0 aliphatic carbocycles. The summed E-state index contributed by atoms with van der Waals surface area (Å²) in [6.45, 7) is 2.64. The topological polar surface area (TPSA) is 72.9 Å². The maximum absolute atomic E-state index is 11.7. The smallest absolute Gasteiger partial charge is 0.224 e. The fraction of sp³-hybridized carbons (Fsp3) is 0.286. The number of nitrogens with zero attached hydrogens (tertiary/aromatic N) is 2. The van der Waals surface area contributed by atoms with Gasteiger partial charge in [0.1, 0.15) is 0 Å². The van der Waals surface area contributed by atoms with Crippen LogP contribution in [0.4, 0.5) is 0 Å². The molecule has 1 heterocycles. The Morgan fingerprint density at radius 2 is 2.21 bits per heavy atom. The molecule has 2 aromatic rings. The number of rotatable bonds is 5. The minimum absolute atomic E-state index is 0.0298. The number of nitrogens with one attached hydrogen (secondary N) is 1. The van der Waals surface area contributed by atoms with E-state index in [2.05, 4.69) is 10.4 Å². The third-order valence-electron chi connectivity index (χ3n) is 3.00. The first-order valence-corrected chi connectivity index (χ1v) is 6.28. The molecule has 100 valence electrons. The molecule has 1 aromatic heterocycles. The van der Waals surface area contributed by atoms with Gasteiger partial charge in [0.05, 0.1) is 5.69 Å². The van der Waals surface area contributed by atoms with E-state index in [4.69, 9.17) is 5.73 Å². The molecule has 2 rings (SSSR count). The van der Waals surface area contributed by atoms with Gasteiger partial charge in [-0.2, -0.15) is 5.10 Å². The fourth-order valence-corrected chi connectivity index (χ4v) is 1.76. The third kappa shape index (κ3) is 3.20. The Balaban J connectivity index is 2.11. The largest absolute Gasteiger partial charge is 0.352 e. The maximum atomic E-state index is 11.7. The van der Waals surface area contributed by atoms with Gasteiger partial charge in [-0.15, -0.1) is 0 Å². The molecule has 1 aromatic carbocycles. The number of nitrogens with two attached hydrogens (primary N) is 1. The number of benzene rings is 1. The van der Waals surface area contributed by atoms with E-state index in [-0.39, 0.29) is 11.8 Å². The molecular weight excluding hydrogens is 240 g/mol. The summed E-state index contributed by atoms with van der Waals surface area (Å²) in [5, 5.41) is 7.10. The van der Waals surface area contributed by atoms with E-state index in [1.54, 1.807) is 10.9 Å².